The highest BCUT2D eigenvalue weighted by Gasteiger charge is 2.53. The number of hydrogen-bond donors (Lipinski definition) is 0. The van der Waals surface area contributed by atoms with Gasteiger partial charge in [-0.2, -0.15) is 0 Å². The lowest BCUT2D eigenvalue weighted by atomic mass is 9.88. The Morgan fingerprint density at radius 3 is 1.83 bits per heavy atom. The Balaban J connectivity index is 1.77. The van der Waals surface area contributed by atoms with Crippen LogP contribution in [-0.4, -0.2) is 44.8 Å². The van der Waals surface area contributed by atoms with E-state index in [9.17, 15) is 17.2 Å². The lowest BCUT2D eigenvalue weighted by Crippen LogP contribution is -2.72. The molecule has 0 N–H and O–H groups in total. The molecule has 184 valence electrons. The molecule has 0 aliphatic carbocycles. The van der Waals surface area contributed by atoms with Crippen molar-refractivity contribution in [3.63, 3.8) is 0 Å². The highest BCUT2D eigenvalue weighted by molar-refractivity contribution is 7.92. The second-order valence-corrected chi connectivity index (χ2v) is 11.6. The van der Waals surface area contributed by atoms with Gasteiger partial charge in [0.1, 0.15) is 36.8 Å². The van der Waals surface area contributed by atoms with Gasteiger partial charge in [0.15, 0.2) is 0 Å². The van der Waals surface area contributed by atoms with Gasteiger partial charge in [0.2, 0.25) is 10.0 Å². The fourth-order valence-electron chi connectivity index (χ4n) is 5.11. The molecule has 0 saturated carbocycles. The first kappa shape index (κ1) is 25.6. The normalized spacial score (nSPS) is 19.9. The highest BCUT2D eigenvalue weighted by Crippen LogP contribution is 2.43. The van der Waals surface area contributed by atoms with Gasteiger partial charge in [0.05, 0.1) is 18.5 Å². The predicted molar refractivity (Wildman–Crippen MR) is 137 cm³/mol. The summed E-state index contributed by atoms with van der Waals surface area (Å²) >= 11 is 12.3. The van der Waals surface area contributed by atoms with Crippen LogP contribution in [0.25, 0.3) is 0 Å². The van der Waals surface area contributed by atoms with E-state index in [1.54, 1.807) is 0 Å². The largest absolute Gasteiger partial charge is 0.307 e. The number of anilines is 1. The van der Waals surface area contributed by atoms with Crippen LogP contribution in [0.15, 0.2) is 79.4 Å². The van der Waals surface area contributed by atoms with Crippen LogP contribution < -0.4 is 4.31 Å². The Morgan fingerprint density at radius 1 is 0.971 bits per heavy atom. The zero-order valence-corrected chi connectivity index (χ0v) is 21.4. The van der Waals surface area contributed by atoms with Crippen molar-refractivity contribution >= 4 is 38.9 Å². The molecule has 1 aliphatic heterocycles. The summed E-state index contributed by atoms with van der Waals surface area (Å²) in [6.45, 7) is 5.31. The van der Waals surface area contributed by atoms with Crippen molar-refractivity contribution in [2.24, 2.45) is 0 Å². The summed E-state index contributed by atoms with van der Waals surface area (Å²) in [5.74, 6) is -1.67. The second-order valence-electron chi connectivity index (χ2n) is 8.90. The quantitative estimate of drug-likeness (QED) is 0.253. The van der Waals surface area contributed by atoms with E-state index in [2.05, 4.69) is 6.58 Å². The fraction of sp³-hybridized carbons (Fsp3) is 0.231. The lowest BCUT2D eigenvalue weighted by molar-refractivity contribution is -0.982. The maximum absolute atomic E-state index is 14.0. The molecule has 1 saturated heterocycles. The predicted octanol–water partition coefficient (Wildman–Crippen LogP) is 6.21. The van der Waals surface area contributed by atoms with Gasteiger partial charge in [0, 0.05) is 27.2 Å². The standard InChI is InChI=1S/C26H25Cl2F2N2O2S/c1-3-12-32(26(18-4-8-20(27)9-5-18)19-6-10-21(28)11-7-19)16-25(17-32)31(35(2,33)34)24-14-22(29)13-23(30)15-24/h3-11,13-15,25-26H,1,12,16-17H2,2H3/q+1. The molecular formula is C26H25Cl2F2N2O2S+. The van der Waals surface area contributed by atoms with Gasteiger partial charge in [-0.1, -0.05) is 54.0 Å². The second kappa shape index (κ2) is 9.90. The van der Waals surface area contributed by atoms with Gasteiger partial charge in [-0.3, -0.25) is 4.31 Å². The van der Waals surface area contributed by atoms with Crippen LogP contribution in [0.5, 0.6) is 0 Å². The molecule has 0 atom stereocenters. The number of nitrogens with zero attached hydrogens (tertiary/aromatic N) is 2. The van der Waals surface area contributed by atoms with Crippen LogP contribution in [-0.2, 0) is 10.0 Å². The Morgan fingerprint density at radius 2 is 1.43 bits per heavy atom. The van der Waals surface area contributed by atoms with E-state index in [1.807, 2.05) is 54.6 Å². The highest BCUT2D eigenvalue weighted by atomic mass is 35.5. The summed E-state index contributed by atoms with van der Waals surface area (Å²) in [4.78, 5) is 0. The van der Waals surface area contributed by atoms with E-state index in [1.165, 1.54) is 0 Å². The molecule has 0 unspecified atom stereocenters. The lowest BCUT2D eigenvalue weighted by Gasteiger charge is -2.56. The summed E-state index contributed by atoms with van der Waals surface area (Å²) in [5, 5.41) is 1.22. The zero-order chi connectivity index (χ0) is 25.4. The SMILES string of the molecule is C=CC[N+]1(C(c2ccc(Cl)cc2)c2ccc(Cl)cc2)CC(N(c2cc(F)cc(F)c2)S(C)(=O)=O)C1. The van der Waals surface area contributed by atoms with Gasteiger partial charge in [-0.25, -0.2) is 17.2 Å². The van der Waals surface area contributed by atoms with E-state index < -0.39 is 27.7 Å². The van der Waals surface area contributed by atoms with E-state index in [4.69, 9.17) is 23.2 Å². The topological polar surface area (TPSA) is 37.4 Å². The minimum Gasteiger partial charge on any atom is -0.307 e. The maximum atomic E-state index is 14.0. The Bertz CT molecular complexity index is 1260. The molecule has 0 bridgehead atoms. The number of sulfonamides is 1. The van der Waals surface area contributed by atoms with Crippen molar-refractivity contribution in [1.82, 2.24) is 0 Å². The summed E-state index contributed by atoms with van der Waals surface area (Å²) in [6.07, 6.45) is 2.86. The number of hydrogen-bond acceptors (Lipinski definition) is 2. The molecule has 0 spiro atoms. The molecule has 4 rings (SSSR count). The van der Waals surface area contributed by atoms with Crippen molar-refractivity contribution in [2.45, 2.75) is 12.1 Å². The van der Waals surface area contributed by atoms with Gasteiger partial charge in [-0.15, -0.1) is 0 Å². The summed E-state index contributed by atoms with van der Waals surface area (Å²) in [7, 11) is -3.81. The molecule has 3 aromatic rings. The van der Waals surface area contributed by atoms with Crippen molar-refractivity contribution < 1.29 is 21.7 Å². The first-order chi connectivity index (χ1) is 16.5. The van der Waals surface area contributed by atoms with Gasteiger partial charge in [0.25, 0.3) is 0 Å². The van der Waals surface area contributed by atoms with Crippen molar-refractivity contribution in [1.29, 1.82) is 0 Å². The molecule has 0 radical (unpaired) electrons. The van der Waals surface area contributed by atoms with E-state index >= 15 is 0 Å². The third-order valence-electron chi connectivity index (χ3n) is 6.35. The van der Waals surface area contributed by atoms with Crippen molar-refractivity contribution in [3.8, 4) is 0 Å². The Hall–Kier alpha value is -2.45. The molecular weight excluding hydrogens is 513 g/mol. The average molecular weight is 538 g/mol. The number of halogens is 4. The van der Waals surface area contributed by atoms with Crippen LogP contribution in [0.4, 0.5) is 14.5 Å². The molecule has 9 heteroatoms. The Kier molecular flexibility index (Phi) is 7.25. The van der Waals surface area contributed by atoms with E-state index in [0.717, 1.165) is 39.9 Å². The molecule has 0 amide bonds. The van der Waals surface area contributed by atoms with E-state index in [0.29, 0.717) is 34.2 Å². The molecule has 3 aromatic carbocycles. The maximum Gasteiger partial charge on any atom is 0.232 e. The molecule has 35 heavy (non-hydrogen) atoms. The first-order valence-corrected chi connectivity index (χ1v) is 13.6. The summed E-state index contributed by atoms with van der Waals surface area (Å²) < 4.78 is 55.1. The van der Waals surface area contributed by atoms with Gasteiger partial charge in [-0.05, 0) is 42.5 Å². The van der Waals surface area contributed by atoms with Crippen LogP contribution >= 0.6 is 23.2 Å². The van der Waals surface area contributed by atoms with Gasteiger partial charge >= 0.3 is 0 Å². The summed E-state index contributed by atoms with van der Waals surface area (Å²) in [6, 6.07) is 17.2. The molecule has 4 nitrogen and oxygen atoms in total. The van der Waals surface area contributed by atoms with Crippen LogP contribution in [0.3, 0.4) is 0 Å². The van der Waals surface area contributed by atoms with Crippen LogP contribution in [0, 0.1) is 11.6 Å². The smallest absolute Gasteiger partial charge is 0.232 e. The third-order valence-corrected chi connectivity index (χ3v) is 8.08. The van der Waals surface area contributed by atoms with E-state index in [-0.39, 0.29) is 11.7 Å². The molecule has 0 aromatic heterocycles. The molecule has 1 fully saturated rings. The zero-order valence-electron chi connectivity index (χ0n) is 19.0. The number of benzene rings is 3. The fourth-order valence-corrected chi connectivity index (χ4v) is 6.53. The summed E-state index contributed by atoms with van der Waals surface area (Å²) in [5.41, 5.74) is 1.97. The molecule has 1 heterocycles. The molecule has 1 aliphatic rings. The van der Waals surface area contributed by atoms with Crippen molar-refractivity contribution in [3.05, 3.63) is 112 Å². The Labute approximate surface area is 214 Å². The monoisotopic (exact) mass is 537 g/mol. The van der Waals surface area contributed by atoms with Gasteiger partial charge < -0.3 is 4.48 Å². The number of rotatable bonds is 8. The van der Waals surface area contributed by atoms with Crippen LogP contribution in [0.2, 0.25) is 10.0 Å². The first-order valence-electron chi connectivity index (χ1n) is 11.0. The minimum absolute atomic E-state index is 0.0269. The number of likely N-dealkylation sites (tertiary alicyclic amines) is 1. The number of quaternary nitrogens is 1. The minimum atomic E-state index is -3.81. The van der Waals surface area contributed by atoms with Crippen LogP contribution in [0.1, 0.15) is 17.2 Å². The average Bonchev–Trinajstić information content (AvgIpc) is 2.74. The van der Waals surface area contributed by atoms with Crippen molar-refractivity contribution in [2.75, 3.05) is 30.2 Å². The third kappa shape index (κ3) is 5.38.